The lowest BCUT2D eigenvalue weighted by Crippen LogP contribution is -1.99. The zero-order chi connectivity index (χ0) is 15.6. The average molecular weight is 301 g/mol. The van der Waals surface area contributed by atoms with Crippen molar-refractivity contribution in [2.45, 2.75) is 6.42 Å². The molecule has 0 radical (unpaired) electrons. The highest BCUT2D eigenvalue weighted by molar-refractivity contribution is 5.83. The van der Waals surface area contributed by atoms with Crippen LogP contribution in [0.2, 0.25) is 0 Å². The number of aromatic nitrogens is 4. The number of fused-ring (bicyclic) bond motifs is 1. The van der Waals surface area contributed by atoms with Crippen LogP contribution in [0.3, 0.4) is 0 Å². The molecule has 0 saturated carbocycles. The van der Waals surface area contributed by atoms with Crippen LogP contribution in [0, 0.1) is 0 Å². The second kappa shape index (κ2) is 5.53. The molecule has 2 aromatic carbocycles. The van der Waals surface area contributed by atoms with E-state index in [0.29, 0.717) is 12.2 Å². The number of benzene rings is 2. The number of nitrogens with one attached hydrogen (secondary N) is 1. The van der Waals surface area contributed by atoms with Crippen LogP contribution in [0.5, 0.6) is 0 Å². The molecule has 5 nitrogen and oxygen atoms in total. The van der Waals surface area contributed by atoms with Gasteiger partial charge < -0.3 is 10.7 Å². The second-order valence-corrected chi connectivity index (χ2v) is 5.42. The van der Waals surface area contributed by atoms with E-state index in [1.54, 1.807) is 6.20 Å². The van der Waals surface area contributed by atoms with Crippen molar-refractivity contribution in [2.24, 2.45) is 0 Å². The highest BCUT2D eigenvalue weighted by Crippen LogP contribution is 2.20. The first-order valence-electron chi connectivity index (χ1n) is 7.39. The Labute approximate surface area is 133 Å². The van der Waals surface area contributed by atoms with Crippen LogP contribution in [0.4, 0.5) is 5.69 Å². The van der Waals surface area contributed by atoms with E-state index in [2.05, 4.69) is 32.3 Å². The molecule has 0 bridgehead atoms. The molecule has 2 aromatic heterocycles. The molecule has 0 amide bonds. The normalized spacial score (nSPS) is 11.0. The minimum atomic E-state index is 0.652. The van der Waals surface area contributed by atoms with Gasteiger partial charge in [0.2, 0.25) is 0 Å². The molecule has 0 saturated heterocycles. The van der Waals surface area contributed by atoms with Crippen LogP contribution in [0.1, 0.15) is 11.4 Å². The first-order valence-corrected chi connectivity index (χ1v) is 7.39. The van der Waals surface area contributed by atoms with Crippen molar-refractivity contribution in [3.63, 3.8) is 0 Å². The van der Waals surface area contributed by atoms with Gasteiger partial charge in [0.25, 0.3) is 0 Å². The maximum atomic E-state index is 5.70. The topological polar surface area (TPSA) is 80.5 Å². The quantitative estimate of drug-likeness (QED) is 0.569. The molecular weight excluding hydrogens is 286 g/mol. The fourth-order valence-electron chi connectivity index (χ4n) is 2.61. The van der Waals surface area contributed by atoms with Gasteiger partial charge in [0.15, 0.2) is 5.82 Å². The van der Waals surface area contributed by atoms with Gasteiger partial charge in [0, 0.05) is 34.8 Å². The Balaban J connectivity index is 1.60. The molecule has 112 valence electrons. The fraction of sp³-hybridized carbons (Fsp3) is 0.0556. The summed E-state index contributed by atoms with van der Waals surface area (Å²) in [7, 11) is 0. The minimum Gasteiger partial charge on any atom is -0.399 e. The SMILES string of the molecule is Nc1ccc(-c2cnc(Cc3c[nH]c4ccccc34)nn2)cc1. The zero-order valence-corrected chi connectivity index (χ0v) is 12.4. The van der Waals surface area contributed by atoms with Gasteiger partial charge in [-0.15, -0.1) is 10.2 Å². The van der Waals surface area contributed by atoms with E-state index in [1.807, 2.05) is 42.6 Å². The number of nitrogen functional groups attached to an aromatic ring is 1. The van der Waals surface area contributed by atoms with E-state index < -0.39 is 0 Å². The fourth-order valence-corrected chi connectivity index (χ4v) is 2.61. The van der Waals surface area contributed by atoms with Gasteiger partial charge in [0.05, 0.1) is 6.20 Å². The molecule has 0 aliphatic rings. The third kappa shape index (κ3) is 2.64. The predicted molar refractivity (Wildman–Crippen MR) is 90.8 cm³/mol. The summed E-state index contributed by atoms with van der Waals surface area (Å²) in [6.07, 6.45) is 4.41. The standard InChI is InChI=1S/C18H15N5/c19-14-7-5-12(6-8-14)17-11-21-18(23-22-17)9-13-10-20-16-4-2-1-3-15(13)16/h1-8,10-11,20H,9,19H2. The summed E-state index contributed by atoms with van der Waals surface area (Å²) in [5.41, 5.74) is 10.4. The number of H-pyrrole nitrogens is 1. The van der Waals surface area contributed by atoms with Crippen molar-refractivity contribution >= 4 is 16.6 Å². The van der Waals surface area contributed by atoms with Crippen molar-refractivity contribution in [3.05, 3.63) is 72.3 Å². The molecule has 0 aliphatic carbocycles. The van der Waals surface area contributed by atoms with E-state index in [9.17, 15) is 0 Å². The minimum absolute atomic E-state index is 0.652. The highest BCUT2D eigenvalue weighted by Gasteiger charge is 2.07. The Morgan fingerprint density at radius 1 is 0.957 bits per heavy atom. The van der Waals surface area contributed by atoms with Gasteiger partial charge in [-0.05, 0) is 23.8 Å². The van der Waals surface area contributed by atoms with E-state index >= 15 is 0 Å². The first-order chi connectivity index (χ1) is 11.3. The maximum absolute atomic E-state index is 5.70. The zero-order valence-electron chi connectivity index (χ0n) is 12.4. The monoisotopic (exact) mass is 301 g/mol. The van der Waals surface area contributed by atoms with Crippen LogP contribution >= 0.6 is 0 Å². The number of para-hydroxylation sites is 1. The third-order valence-corrected chi connectivity index (χ3v) is 3.84. The van der Waals surface area contributed by atoms with Gasteiger partial charge >= 0.3 is 0 Å². The molecule has 3 N–H and O–H groups in total. The predicted octanol–water partition coefficient (Wildman–Crippen LogP) is 3.19. The van der Waals surface area contributed by atoms with Crippen molar-refractivity contribution in [3.8, 4) is 11.3 Å². The highest BCUT2D eigenvalue weighted by atomic mass is 15.1. The number of nitrogens with two attached hydrogens (primary N) is 1. The molecule has 0 spiro atoms. The van der Waals surface area contributed by atoms with Crippen LogP contribution in [0.25, 0.3) is 22.2 Å². The largest absolute Gasteiger partial charge is 0.399 e. The summed E-state index contributed by atoms with van der Waals surface area (Å²) >= 11 is 0. The Kier molecular flexibility index (Phi) is 3.24. The second-order valence-electron chi connectivity index (χ2n) is 5.42. The third-order valence-electron chi connectivity index (χ3n) is 3.84. The number of aromatic amines is 1. The summed E-state index contributed by atoms with van der Waals surface area (Å²) in [5.74, 6) is 0.703. The molecule has 0 atom stereocenters. The number of anilines is 1. The summed E-state index contributed by atoms with van der Waals surface area (Å²) in [4.78, 5) is 7.70. The first kappa shape index (κ1) is 13.5. The molecule has 0 fully saturated rings. The molecule has 4 aromatic rings. The number of hydrogen-bond donors (Lipinski definition) is 2. The Bertz CT molecular complexity index is 939. The molecule has 0 unspecified atom stereocenters. The van der Waals surface area contributed by atoms with Gasteiger partial charge in [-0.2, -0.15) is 0 Å². The summed E-state index contributed by atoms with van der Waals surface area (Å²) in [6, 6.07) is 15.7. The lowest BCUT2D eigenvalue weighted by atomic mass is 10.1. The van der Waals surface area contributed by atoms with Crippen molar-refractivity contribution in [1.29, 1.82) is 0 Å². The Morgan fingerprint density at radius 2 is 1.78 bits per heavy atom. The lowest BCUT2D eigenvalue weighted by Gasteiger charge is -2.02. The smallest absolute Gasteiger partial charge is 0.155 e. The maximum Gasteiger partial charge on any atom is 0.155 e. The van der Waals surface area contributed by atoms with Crippen molar-refractivity contribution < 1.29 is 0 Å². The molecule has 5 heteroatoms. The van der Waals surface area contributed by atoms with Crippen LogP contribution < -0.4 is 5.73 Å². The number of rotatable bonds is 3. The van der Waals surface area contributed by atoms with Gasteiger partial charge in [-0.25, -0.2) is 4.98 Å². The average Bonchev–Trinajstić information content (AvgIpc) is 3.00. The molecular formula is C18H15N5. The van der Waals surface area contributed by atoms with E-state index in [4.69, 9.17) is 5.73 Å². The molecule has 0 aliphatic heterocycles. The van der Waals surface area contributed by atoms with Crippen molar-refractivity contribution in [1.82, 2.24) is 20.2 Å². The number of nitrogens with zero attached hydrogens (tertiary/aromatic N) is 3. The van der Waals surface area contributed by atoms with Crippen LogP contribution in [-0.2, 0) is 6.42 Å². The molecule has 23 heavy (non-hydrogen) atoms. The van der Waals surface area contributed by atoms with Gasteiger partial charge in [-0.3, -0.25) is 0 Å². The van der Waals surface area contributed by atoms with Gasteiger partial charge in [0.1, 0.15) is 5.69 Å². The summed E-state index contributed by atoms with van der Waals surface area (Å²) in [6.45, 7) is 0. The summed E-state index contributed by atoms with van der Waals surface area (Å²) in [5, 5.41) is 9.72. The Hall–Kier alpha value is -3.21. The van der Waals surface area contributed by atoms with Crippen molar-refractivity contribution in [2.75, 3.05) is 5.73 Å². The summed E-state index contributed by atoms with van der Waals surface area (Å²) < 4.78 is 0. The molecule has 2 heterocycles. The van der Waals surface area contributed by atoms with Crippen LogP contribution in [0.15, 0.2) is 60.9 Å². The van der Waals surface area contributed by atoms with E-state index in [-0.39, 0.29) is 0 Å². The van der Waals surface area contributed by atoms with Gasteiger partial charge in [-0.1, -0.05) is 30.3 Å². The van der Waals surface area contributed by atoms with E-state index in [0.717, 1.165) is 22.5 Å². The van der Waals surface area contributed by atoms with E-state index in [1.165, 1.54) is 10.9 Å². The molecule has 4 rings (SSSR count). The Morgan fingerprint density at radius 3 is 2.57 bits per heavy atom. The number of hydrogen-bond acceptors (Lipinski definition) is 4. The van der Waals surface area contributed by atoms with Crippen LogP contribution in [-0.4, -0.2) is 20.2 Å². The lowest BCUT2D eigenvalue weighted by molar-refractivity contribution is 0.872.